The third-order valence-corrected chi connectivity index (χ3v) is 4.62. The zero-order valence-corrected chi connectivity index (χ0v) is 13.5. The number of thioether (sulfide) groups is 1. The van der Waals surface area contributed by atoms with Gasteiger partial charge in [-0.1, -0.05) is 12.8 Å². The van der Waals surface area contributed by atoms with Crippen LogP contribution in [0.25, 0.3) is 0 Å². The van der Waals surface area contributed by atoms with Gasteiger partial charge in [0.25, 0.3) is 0 Å². The van der Waals surface area contributed by atoms with Crippen LogP contribution in [-0.2, 0) is 9.53 Å². The number of nitriles is 3. The van der Waals surface area contributed by atoms with Gasteiger partial charge in [-0.3, -0.25) is 0 Å². The number of carbonyl (C=O) groups excluding carboxylic acids is 1. The molecule has 1 atom stereocenters. The molecule has 0 saturated heterocycles. The van der Waals surface area contributed by atoms with Gasteiger partial charge in [0.2, 0.25) is 0 Å². The molecule has 1 aliphatic carbocycles. The summed E-state index contributed by atoms with van der Waals surface area (Å²) in [5.41, 5.74) is 0.759. The van der Waals surface area contributed by atoms with Crippen molar-refractivity contribution in [2.24, 2.45) is 5.92 Å². The molecule has 0 amide bonds. The zero-order valence-electron chi connectivity index (χ0n) is 12.7. The molecule has 0 aromatic rings. The van der Waals surface area contributed by atoms with E-state index in [-0.39, 0.29) is 17.1 Å². The molecule has 5 nitrogen and oxygen atoms in total. The molecule has 1 saturated carbocycles. The van der Waals surface area contributed by atoms with Crippen molar-refractivity contribution in [1.82, 2.24) is 0 Å². The predicted octanol–water partition coefficient (Wildman–Crippen LogP) is 3.22. The number of rotatable bonds is 3. The smallest absolute Gasteiger partial charge is 0.348 e. The first kappa shape index (κ1) is 17.8. The molecule has 1 fully saturated rings. The van der Waals surface area contributed by atoms with Crippen LogP contribution in [0.15, 0.2) is 21.6 Å². The number of ether oxygens (including phenoxy) is 1. The highest BCUT2D eigenvalue weighted by Gasteiger charge is 2.29. The van der Waals surface area contributed by atoms with Crippen LogP contribution in [0.5, 0.6) is 0 Å². The number of nitrogens with zero attached hydrogens (tertiary/aromatic N) is 3. The summed E-state index contributed by atoms with van der Waals surface area (Å²) >= 11 is 1.33. The van der Waals surface area contributed by atoms with Gasteiger partial charge in [-0.2, -0.15) is 15.8 Å². The highest BCUT2D eigenvalue weighted by Crippen LogP contribution is 2.40. The summed E-state index contributed by atoms with van der Waals surface area (Å²) in [5, 5.41) is 27.6. The molecule has 6 heteroatoms. The van der Waals surface area contributed by atoms with Crippen molar-refractivity contribution in [2.45, 2.75) is 32.1 Å². The summed E-state index contributed by atoms with van der Waals surface area (Å²) in [6, 6.07) is 5.78. The van der Waals surface area contributed by atoms with Crippen LogP contribution in [0.3, 0.4) is 0 Å². The minimum absolute atomic E-state index is 0.0104. The van der Waals surface area contributed by atoms with Crippen molar-refractivity contribution in [3.63, 3.8) is 0 Å². The predicted molar refractivity (Wildman–Crippen MR) is 83.0 cm³/mol. The molecule has 0 aromatic carbocycles. The standard InChI is InChI=1S/C16H17N3O2S/c1-21-16(20)14(10-19)12-6-4-3-5-7-13(12)15(22-2)11(8-17)9-18/h13H,3-7H2,1-2H3/b14-12+/t13-/m1/s1. The zero-order chi connectivity index (χ0) is 16.5. The van der Waals surface area contributed by atoms with E-state index in [2.05, 4.69) is 0 Å². The summed E-state index contributed by atoms with van der Waals surface area (Å²) in [6.07, 6.45) is 5.94. The van der Waals surface area contributed by atoms with Crippen molar-refractivity contribution in [3.8, 4) is 18.2 Å². The van der Waals surface area contributed by atoms with Crippen molar-refractivity contribution in [2.75, 3.05) is 13.4 Å². The Morgan fingerprint density at radius 1 is 1.18 bits per heavy atom. The fraction of sp³-hybridized carbons (Fsp3) is 0.500. The van der Waals surface area contributed by atoms with Crippen LogP contribution < -0.4 is 0 Å². The molecule has 0 radical (unpaired) electrons. The van der Waals surface area contributed by atoms with E-state index in [1.807, 2.05) is 18.2 Å². The molecule has 0 aliphatic heterocycles. The molecule has 0 bridgehead atoms. The van der Waals surface area contributed by atoms with Crippen LogP contribution in [0.1, 0.15) is 32.1 Å². The molecule has 0 N–H and O–H groups in total. The fourth-order valence-electron chi connectivity index (χ4n) is 2.68. The molecule has 114 valence electrons. The topological polar surface area (TPSA) is 97.7 Å². The number of hydrogen-bond donors (Lipinski definition) is 0. The van der Waals surface area contributed by atoms with Crippen LogP contribution in [0, 0.1) is 39.9 Å². The van der Waals surface area contributed by atoms with Crippen molar-refractivity contribution >= 4 is 17.7 Å². The Kier molecular flexibility index (Phi) is 7.23. The van der Waals surface area contributed by atoms with E-state index in [1.165, 1.54) is 18.9 Å². The lowest BCUT2D eigenvalue weighted by molar-refractivity contribution is -0.135. The van der Waals surface area contributed by atoms with Gasteiger partial charge < -0.3 is 4.74 Å². The fourth-order valence-corrected chi connectivity index (χ4v) is 3.52. The summed E-state index contributed by atoms with van der Waals surface area (Å²) in [4.78, 5) is 12.5. The van der Waals surface area contributed by atoms with Crippen LogP contribution in [0.2, 0.25) is 0 Å². The van der Waals surface area contributed by atoms with Crippen LogP contribution >= 0.6 is 11.8 Å². The molecule has 0 unspecified atom stereocenters. The molecule has 0 spiro atoms. The normalized spacial score (nSPS) is 19.7. The summed E-state index contributed by atoms with van der Waals surface area (Å²) < 4.78 is 4.70. The molecule has 0 heterocycles. The van der Waals surface area contributed by atoms with Gasteiger partial charge in [0.1, 0.15) is 29.4 Å². The summed E-state index contributed by atoms with van der Waals surface area (Å²) in [5.74, 6) is -0.888. The van der Waals surface area contributed by atoms with E-state index in [1.54, 1.807) is 6.26 Å². The van der Waals surface area contributed by atoms with Gasteiger partial charge in [-0.25, -0.2) is 4.79 Å². The Labute approximate surface area is 134 Å². The second kappa shape index (κ2) is 8.93. The first-order valence-corrected chi connectivity index (χ1v) is 8.16. The lowest BCUT2D eigenvalue weighted by atomic mass is 9.88. The molecule has 22 heavy (non-hydrogen) atoms. The minimum Gasteiger partial charge on any atom is -0.465 e. The van der Waals surface area contributed by atoms with Gasteiger partial charge in [0.05, 0.1) is 7.11 Å². The average molecular weight is 315 g/mol. The lowest BCUT2D eigenvalue weighted by Crippen LogP contribution is -2.14. The maximum Gasteiger partial charge on any atom is 0.348 e. The van der Waals surface area contributed by atoms with Gasteiger partial charge in [-0.05, 0) is 31.1 Å². The molecular formula is C16H17N3O2S. The Morgan fingerprint density at radius 3 is 2.36 bits per heavy atom. The second-order valence-electron chi connectivity index (χ2n) is 4.82. The Hall–Kier alpha value is -2.23. The highest BCUT2D eigenvalue weighted by molar-refractivity contribution is 8.02. The Bertz CT molecular complexity index is 613. The van der Waals surface area contributed by atoms with Crippen molar-refractivity contribution in [1.29, 1.82) is 15.8 Å². The SMILES string of the molecule is COC(=O)/C(C#N)=C1\CCCCC[C@H]1C(SC)=C(C#N)C#N. The van der Waals surface area contributed by atoms with Gasteiger partial charge >= 0.3 is 5.97 Å². The number of hydrogen-bond acceptors (Lipinski definition) is 6. The summed E-state index contributed by atoms with van der Waals surface area (Å²) in [6.45, 7) is 0. The first-order chi connectivity index (χ1) is 10.6. The third kappa shape index (κ3) is 3.91. The number of carbonyl (C=O) groups is 1. The van der Waals surface area contributed by atoms with Crippen molar-refractivity contribution < 1.29 is 9.53 Å². The third-order valence-electron chi connectivity index (χ3n) is 3.69. The summed E-state index contributed by atoms with van der Waals surface area (Å²) in [7, 11) is 1.24. The van der Waals surface area contributed by atoms with Crippen LogP contribution in [-0.4, -0.2) is 19.3 Å². The average Bonchev–Trinajstić information content (AvgIpc) is 2.79. The largest absolute Gasteiger partial charge is 0.465 e. The van der Waals surface area contributed by atoms with Gasteiger partial charge in [0.15, 0.2) is 0 Å². The highest BCUT2D eigenvalue weighted by atomic mass is 32.2. The quantitative estimate of drug-likeness (QED) is 0.343. The maximum absolute atomic E-state index is 11.9. The minimum atomic E-state index is -0.652. The van der Waals surface area contributed by atoms with Crippen molar-refractivity contribution in [3.05, 3.63) is 21.6 Å². The molecular weight excluding hydrogens is 298 g/mol. The van der Waals surface area contributed by atoms with E-state index in [0.29, 0.717) is 16.9 Å². The van der Waals surface area contributed by atoms with E-state index >= 15 is 0 Å². The lowest BCUT2D eigenvalue weighted by Gasteiger charge is -2.21. The van der Waals surface area contributed by atoms with Gasteiger partial charge in [0, 0.05) is 10.8 Å². The first-order valence-electron chi connectivity index (χ1n) is 6.94. The van der Waals surface area contributed by atoms with Gasteiger partial charge in [-0.15, -0.1) is 11.8 Å². The maximum atomic E-state index is 11.9. The van der Waals surface area contributed by atoms with E-state index in [9.17, 15) is 10.1 Å². The number of esters is 1. The van der Waals surface area contributed by atoms with E-state index in [0.717, 1.165) is 25.7 Å². The number of methoxy groups -OCH3 is 1. The van der Waals surface area contributed by atoms with E-state index < -0.39 is 5.97 Å². The Balaban J connectivity index is 3.52. The second-order valence-corrected chi connectivity index (χ2v) is 5.67. The number of allylic oxidation sites excluding steroid dienone is 3. The Morgan fingerprint density at radius 2 is 1.86 bits per heavy atom. The molecule has 0 aromatic heterocycles. The van der Waals surface area contributed by atoms with Crippen LogP contribution in [0.4, 0.5) is 0 Å². The monoisotopic (exact) mass is 315 g/mol. The molecule has 1 aliphatic rings. The van der Waals surface area contributed by atoms with E-state index in [4.69, 9.17) is 15.3 Å². The molecule has 1 rings (SSSR count).